The molecule has 0 saturated heterocycles. The molecular formula is C14H8Br2ClNO. The molecule has 1 aromatic carbocycles. The van der Waals surface area contributed by atoms with Gasteiger partial charge >= 0.3 is 0 Å². The normalized spacial score (nSPS) is 13.7. The minimum absolute atomic E-state index is 0.0348. The highest BCUT2D eigenvalue weighted by Crippen LogP contribution is 2.34. The van der Waals surface area contributed by atoms with E-state index in [0.29, 0.717) is 16.3 Å². The van der Waals surface area contributed by atoms with E-state index in [9.17, 15) is 4.79 Å². The lowest BCUT2D eigenvalue weighted by Gasteiger charge is -2.08. The number of hydrogen-bond acceptors (Lipinski definition) is 2. The van der Waals surface area contributed by atoms with Crippen LogP contribution < -0.4 is 0 Å². The van der Waals surface area contributed by atoms with Gasteiger partial charge in [0.05, 0.1) is 5.02 Å². The van der Waals surface area contributed by atoms with Crippen LogP contribution in [0.15, 0.2) is 33.3 Å². The van der Waals surface area contributed by atoms with Crippen molar-refractivity contribution in [2.24, 2.45) is 0 Å². The van der Waals surface area contributed by atoms with Crippen molar-refractivity contribution in [3.63, 3.8) is 0 Å². The second kappa shape index (κ2) is 5.00. The zero-order valence-corrected chi connectivity index (χ0v) is 13.6. The Morgan fingerprint density at radius 2 is 2.00 bits per heavy atom. The number of fused-ring (bicyclic) bond motifs is 2. The summed E-state index contributed by atoms with van der Waals surface area (Å²) in [4.78, 5) is 16.8. The predicted molar refractivity (Wildman–Crippen MR) is 81.9 cm³/mol. The summed E-state index contributed by atoms with van der Waals surface area (Å²) in [7, 11) is 0. The summed E-state index contributed by atoms with van der Waals surface area (Å²) in [5.41, 5.74) is 3.16. The van der Waals surface area contributed by atoms with E-state index in [1.165, 1.54) is 0 Å². The molecule has 0 amide bonds. The number of hydrogen-bond donors (Lipinski definition) is 0. The molecule has 0 radical (unpaired) electrons. The number of aryl methyl sites for hydroxylation is 1. The molecule has 0 spiro atoms. The minimum atomic E-state index is -0.0348. The number of pyridine rings is 1. The van der Waals surface area contributed by atoms with Crippen LogP contribution >= 0.6 is 43.5 Å². The summed E-state index contributed by atoms with van der Waals surface area (Å²) in [6, 6.07) is 5.48. The van der Waals surface area contributed by atoms with E-state index in [1.807, 2.05) is 6.07 Å². The Kier molecular flexibility index (Phi) is 3.50. The second-order valence-electron chi connectivity index (χ2n) is 4.38. The highest BCUT2D eigenvalue weighted by Gasteiger charge is 2.24. The van der Waals surface area contributed by atoms with E-state index in [0.717, 1.165) is 32.9 Å². The number of nitrogens with zero attached hydrogens (tertiary/aromatic N) is 1. The van der Waals surface area contributed by atoms with Crippen molar-refractivity contribution >= 4 is 49.2 Å². The van der Waals surface area contributed by atoms with Crippen LogP contribution in [0.3, 0.4) is 0 Å². The Labute approximate surface area is 132 Å². The van der Waals surface area contributed by atoms with Gasteiger partial charge in [0.1, 0.15) is 5.69 Å². The van der Waals surface area contributed by atoms with Crippen LogP contribution in [0.5, 0.6) is 0 Å². The number of carbonyl (C=O) groups is 1. The van der Waals surface area contributed by atoms with Gasteiger partial charge in [0.2, 0.25) is 5.78 Å². The zero-order chi connectivity index (χ0) is 13.6. The molecule has 2 aromatic rings. The van der Waals surface area contributed by atoms with Gasteiger partial charge in [-0.3, -0.25) is 9.78 Å². The van der Waals surface area contributed by atoms with Gasteiger partial charge in [-0.25, -0.2) is 0 Å². The molecule has 0 saturated carbocycles. The molecule has 96 valence electrons. The average molecular weight is 401 g/mol. The van der Waals surface area contributed by atoms with Crippen LogP contribution in [-0.2, 0) is 12.8 Å². The van der Waals surface area contributed by atoms with Crippen molar-refractivity contribution in [2.75, 3.05) is 0 Å². The number of halogens is 3. The lowest BCUT2D eigenvalue weighted by atomic mass is 10.0. The Morgan fingerprint density at radius 3 is 2.79 bits per heavy atom. The van der Waals surface area contributed by atoms with E-state index >= 15 is 0 Å². The van der Waals surface area contributed by atoms with Crippen molar-refractivity contribution in [1.29, 1.82) is 0 Å². The Balaban J connectivity index is 2.22. The fourth-order valence-corrected chi connectivity index (χ4v) is 3.41. The van der Waals surface area contributed by atoms with E-state index in [-0.39, 0.29) is 5.78 Å². The van der Waals surface area contributed by atoms with Crippen LogP contribution in [0.1, 0.15) is 27.2 Å². The van der Waals surface area contributed by atoms with Gasteiger partial charge in [-0.1, -0.05) is 11.6 Å². The van der Waals surface area contributed by atoms with Gasteiger partial charge in [0, 0.05) is 20.7 Å². The molecule has 0 unspecified atom stereocenters. The van der Waals surface area contributed by atoms with Gasteiger partial charge in [-0.2, -0.15) is 0 Å². The fraction of sp³-hybridized carbons (Fsp3) is 0.143. The Hall–Kier alpha value is -0.710. The van der Waals surface area contributed by atoms with Gasteiger partial charge in [0.25, 0.3) is 0 Å². The van der Waals surface area contributed by atoms with E-state index in [1.54, 1.807) is 18.3 Å². The Bertz CT molecular complexity index is 700. The first-order valence-corrected chi connectivity index (χ1v) is 7.70. The largest absolute Gasteiger partial charge is 0.287 e. The number of benzene rings is 1. The molecule has 3 rings (SSSR count). The van der Waals surface area contributed by atoms with Crippen molar-refractivity contribution in [3.8, 4) is 0 Å². The maximum absolute atomic E-state index is 12.6. The molecule has 1 aliphatic carbocycles. The summed E-state index contributed by atoms with van der Waals surface area (Å²) < 4.78 is 1.70. The van der Waals surface area contributed by atoms with Crippen molar-refractivity contribution < 1.29 is 4.79 Å². The summed E-state index contributed by atoms with van der Waals surface area (Å²) in [6.45, 7) is 0. The van der Waals surface area contributed by atoms with Crippen molar-refractivity contribution in [1.82, 2.24) is 4.98 Å². The lowest BCUT2D eigenvalue weighted by Crippen LogP contribution is -2.07. The summed E-state index contributed by atoms with van der Waals surface area (Å²) in [5, 5.41) is 0.631. The molecule has 5 heteroatoms. The third-order valence-electron chi connectivity index (χ3n) is 3.23. The van der Waals surface area contributed by atoms with E-state index in [2.05, 4.69) is 36.8 Å². The van der Waals surface area contributed by atoms with E-state index < -0.39 is 0 Å². The topological polar surface area (TPSA) is 30.0 Å². The first-order valence-electron chi connectivity index (χ1n) is 5.74. The smallest absolute Gasteiger partial charge is 0.211 e. The maximum Gasteiger partial charge on any atom is 0.211 e. The van der Waals surface area contributed by atoms with Gasteiger partial charge in [-0.05, 0) is 74.0 Å². The first-order chi connectivity index (χ1) is 9.08. The Morgan fingerprint density at radius 1 is 1.21 bits per heavy atom. The third kappa shape index (κ3) is 2.26. The van der Waals surface area contributed by atoms with Crippen LogP contribution in [0.25, 0.3) is 0 Å². The van der Waals surface area contributed by atoms with Gasteiger partial charge in [0.15, 0.2) is 0 Å². The van der Waals surface area contributed by atoms with Crippen LogP contribution in [-0.4, -0.2) is 10.8 Å². The molecule has 1 aromatic heterocycles. The molecule has 19 heavy (non-hydrogen) atoms. The average Bonchev–Trinajstić information content (AvgIpc) is 2.52. The quantitative estimate of drug-likeness (QED) is 0.646. The maximum atomic E-state index is 12.6. The monoisotopic (exact) mass is 399 g/mol. The van der Waals surface area contributed by atoms with Crippen LogP contribution in [0, 0.1) is 0 Å². The SMILES string of the molecule is O=C1c2ccc(Cl)c(Br)c2CCc2cc(Br)cnc21. The highest BCUT2D eigenvalue weighted by atomic mass is 79.9. The molecule has 0 N–H and O–H groups in total. The predicted octanol–water partition coefficient (Wildman–Crippen LogP) is 4.59. The third-order valence-corrected chi connectivity index (χ3v) is 5.12. The standard InChI is InChI=1S/C14H8Br2ClNO/c15-8-5-7-1-2-9-10(3-4-11(17)12(9)16)14(19)13(7)18-6-8/h3-6H,1-2H2. The minimum Gasteiger partial charge on any atom is -0.287 e. The number of rotatable bonds is 0. The highest BCUT2D eigenvalue weighted by molar-refractivity contribution is 9.10. The number of ketones is 1. The number of carbonyl (C=O) groups excluding carboxylic acids is 1. The fourth-order valence-electron chi connectivity index (χ4n) is 2.31. The van der Waals surface area contributed by atoms with Crippen LogP contribution in [0.4, 0.5) is 0 Å². The zero-order valence-electron chi connectivity index (χ0n) is 9.71. The number of aromatic nitrogens is 1. The molecule has 0 fully saturated rings. The van der Waals surface area contributed by atoms with Crippen molar-refractivity contribution in [2.45, 2.75) is 12.8 Å². The molecule has 0 aliphatic heterocycles. The van der Waals surface area contributed by atoms with Crippen molar-refractivity contribution in [3.05, 3.63) is 60.7 Å². The van der Waals surface area contributed by atoms with Crippen LogP contribution in [0.2, 0.25) is 5.02 Å². The molecular weight excluding hydrogens is 393 g/mol. The molecule has 1 aliphatic rings. The van der Waals surface area contributed by atoms with E-state index in [4.69, 9.17) is 11.6 Å². The van der Waals surface area contributed by atoms with Gasteiger partial charge in [-0.15, -0.1) is 0 Å². The second-order valence-corrected chi connectivity index (χ2v) is 6.49. The van der Waals surface area contributed by atoms with Gasteiger partial charge < -0.3 is 0 Å². The summed E-state index contributed by atoms with van der Waals surface area (Å²) >= 11 is 13.0. The lowest BCUT2D eigenvalue weighted by molar-refractivity contribution is 0.103. The molecule has 0 bridgehead atoms. The first kappa shape index (κ1) is 13.3. The molecule has 2 nitrogen and oxygen atoms in total. The molecule has 1 heterocycles. The molecule has 0 atom stereocenters. The summed E-state index contributed by atoms with van der Waals surface area (Å²) in [5.74, 6) is -0.0348. The summed E-state index contributed by atoms with van der Waals surface area (Å²) in [6.07, 6.45) is 3.21.